The Morgan fingerprint density at radius 3 is 2.70 bits per heavy atom. The number of likely N-dealkylation sites (N-methyl/N-ethyl adjacent to an activating group) is 1. The molecule has 0 bridgehead atoms. The second-order valence-corrected chi connectivity index (χ2v) is 7.16. The summed E-state index contributed by atoms with van der Waals surface area (Å²) in [6, 6.07) is 13.0. The first-order valence-corrected chi connectivity index (χ1v) is 9.56. The molecule has 0 aliphatic carbocycles. The molecule has 0 aliphatic rings. The van der Waals surface area contributed by atoms with Crippen LogP contribution in [-0.2, 0) is 6.42 Å². The summed E-state index contributed by atoms with van der Waals surface area (Å²) in [5, 5.41) is 8.95. The Hall–Kier alpha value is -1.17. The van der Waals surface area contributed by atoms with E-state index in [2.05, 4.69) is 6.07 Å². The summed E-state index contributed by atoms with van der Waals surface area (Å²) in [7, 11) is 1.87. The van der Waals surface area contributed by atoms with Gasteiger partial charge in [0.15, 0.2) is 0 Å². The molecule has 0 atom stereocenters. The van der Waals surface area contributed by atoms with Crippen LogP contribution in [0.5, 0.6) is 0 Å². The monoisotopic (exact) mass is 367 g/mol. The van der Waals surface area contributed by atoms with Crippen LogP contribution in [0.2, 0.25) is 5.02 Å². The zero-order valence-electron chi connectivity index (χ0n) is 13.0. The summed E-state index contributed by atoms with van der Waals surface area (Å²) in [5.41, 5.74) is 1.80. The van der Waals surface area contributed by atoms with Gasteiger partial charge in [-0.3, -0.25) is 5.41 Å². The third-order valence-corrected chi connectivity index (χ3v) is 5.23. The van der Waals surface area contributed by atoms with E-state index >= 15 is 0 Å². The molecule has 0 fully saturated rings. The Kier molecular flexibility index (Phi) is 6.81. The average Bonchev–Trinajstić information content (AvgIpc) is 2.57. The molecule has 0 radical (unpaired) electrons. The van der Waals surface area contributed by atoms with Gasteiger partial charge < -0.3 is 4.90 Å². The molecule has 0 heterocycles. The van der Waals surface area contributed by atoms with Crippen molar-refractivity contribution in [1.29, 1.82) is 5.41 Å². The molecule has 2 aromatic rings. The van der Waals surface area contributed by atoms with E-state index in [0.717, 1.165) is 32.8 Å². The summed E-state index contributed by atoms with van der Waals surface area (Å²) >= 11 is 9.01. The van der Waals surface area contributed by atoms with Crippen LogP contribution in [0.25, 0.3) is 0 Å². The maximum absolute atomic E-state index is 12.5. The lowest BCUT2D eigenvalue weighted by molar-refractivity contribution is 0.605. The highest BCUT2D eigenvalue weighted by molar-refractivity contribution is 7.99. The summed E-state index contributed by atoms with van der Waals surface area (Å²) in [5.74, 6) is 0.438. The normalized spacial score (nSPS) is 10.6. The van der Waals surface area contributed by atoms with Crippen molar-refractivity contribution in [2.75, 3.05) is 24.2 Å². The molecule has 0 saturated carbocycles. The van der Waals surface area contributed by atoms with Crippen molar-refractivity contribution in [2.45, 2.75) is 16.2 Å². The van der Waals surface area contributed by atoms with Crippen molar-refractivity contribution in [2.24, 2.45) is 0 Å². The van der Waals surface area contributed by atoms with Gasteiger partial charge >= 0.3 is 0 Å². The van der Waals surface area contributed by atoms with Crippen LogP contribution in [0.4, 0.5) is 10.1 Å². The number of rotatable bonds is 6. The average molecular weight is 368 g/mol. The Balaban J connectivity index is 2.16. The number of hydrogen-bond acceptors (Lipinski definition) is 3. The van der Waals surface area contributed by atoms with Crippen molar-refractivity contribution in [3.05, 3.63) is 53.1 Å². The minimum Gasteiger partial charge on any atom is -0.333 e. The van der Waals surface area contributed by atoms with Gasteiger partial charge in [0, 0.05) is 34.0 Å². The van der Waals surface area contributed by atoms with Crippen molar-refractivity contribution >= 4 is 46.6 Å². The number of amidine groups is 1. The van der Waals surface area contributed by atoms with Gasteiger partial charge in [0.1, 0.15) is 11.8 Å². The number of halogens is 2. The molecule has 122 valence electrons. The van der Waals surface area contributed by atoms with E-state index in [0.29, 0.717) is 17.3 Å². The van der Waals surface area contributed by atoms with Crippen LogP contribution in [0.15, 0.2) is 52.3 Å². The van der Waals surface area contributed by atoms with Crippen molar-refractivity contribution in [3.63, 3.8) is 0 Å². The maximum atomic E-state index is 12.5. The summed E-state index contributed by atoms with van der Waals surface area (Å²) in [6.07, 6.45) is 2.43. The number of alkyl halides is 1. The zero-order valence-corrected chi connectivity index (χ0v) is 15.4. The highest BCUT2D eigenvalue weighted by atomic mass is 35.5. The summed E-state index contributed by atoms with van der Waals surface area (Å²) in [4.78, 5) is 3.82. The predicted molar refractivity (Wildman–Crippen MR) is 101 cm³/mol. The largest absolute Gasteiger partial charge is 0.333 e. The van der Waals surface area contributed by atoms with E-state index in [1.54, 1.807) is 23.9 Å². The van der Waals surface area contributed by atoms with Crippen molar-refractivity contribution in [3.8, 4) is 0 Å². The van der Waals surface area contributed by atoms with Crippen LogP contribution in [0.1, 0.15) is 5.56 Å². The van der Waals surface area contributed by atoms with E-state index in [-0.39, 0.29) is 0 Å². The third kappa shape index (κ3) is 4.90. The minimum absolute atomic E-state index is 0.402. The van der Waals surface area contributed by atoms with Gasteiger partial charge in [0.05, 0.1) is 0 Å². The Morgan fingerprint density at radius 1 is 1.22 bits per heavy atom. The molecule has 6 heteroatoms. The van der Waals surface area contributed by atoms with Gasteiger partial charge in [0.25, 0.3) is 0 Å². The minimum atomic E-state index is -0.472. The van der Waals surface area contributed by atoms with E-state index in [1.807, 2.05) is 42.5 Å². The molecule has 0 amide bonds. The van der Waals surface area contributed by atoms with Crippen LogP contribution in [0, 0.1) is 5.41 Å². The quantitative estimate of drug-likeness (QED) is 0.401. The second-order valence-electron chi connectivity index (χ2n) is 4.89. The van der Waals surface area contributed by atoms with Gasteiger partial charge in [-0.05, 0) is 48.2 Å². The molecule has 1 N–H and O–H groups in total. The van der Waals surface area contributed by atoms with E-state index in [9.17, 15) is 4.39 Å². The molecule has 23 heavy (non-hydrogen) atoms. The second kappa shape index (κ2) is 8.62. The smallest absolute Gasteiger partial charge is 0.139 e. The first-order chi connectivity index (χ1) is 11.0. The number of hydrogen-bond donors (Lipinski definition) is 1. The van der Waals surface area contributed by atoms with E-state index in [1.165, 1.54) is 0 Å². The van der Waals surface area contributed by atoms with Crippen molar-refractivity contribution < 1.29 is 4.39 Å². The first kappa shape index (κ1) is 18.2. The molecule has 0 unspecified atom stereocenters. The van der Waals surface area contributed by atoms with Crippen LogP contribution in [0.3, 0.4) is 0 Å². The molecule has 0 saturated heterocycles. The molecule has 2 rings (SSSR count). The van der Waals surface area contributed by atoms with E-state index < -0.39 is 6.01 Å². The van der Waals surface area contributed by atoms with Gasteiger partial charge in [-0.25, -0.2) is 4.39 Å². The number of benzene rings is 2. The predicted octanol–water partition coefficient (Wildman–Crippen LogP) is 5.74. The fourth-order valence-electron chi connectivity index (χ4n) is 2.11. The summed E-state index contributed by atoms with van der Waals surface area (Å²) < 4.78 is 12.5. The number of nitrogens with one attached hydrogen (secondary N) is 1. The lowest BCUT2D eigenvalue weighted by Gasteiger charge is -2.21. The van der Waals surface area contributed by atoms with Gasteiger partial charge in [-0.15, -0.1) is 11.8 Å². The Bertz CT molecular complexity index is 694. The Morgan fingerprint density at radius 2 is 2.00 bits per heavy atom. The fourth-order valence-corrected chi connectivity index (χ4v) is 3.27. The zero-order chi connectivity index (χ0) is 16.8. The van der Waals surface area contributed by atoms with Crippen LogP contribution >= 0.6 is 35.1 Å². The fraction of sp³-hybridized carbons (Fsp3) is 0.235. The third-order valence-electron chi connectivity index (χ3n) is 3.44. The lowest BCUT2D eigenvalue weighted by atomic mass is 10.1. The van der Waals surface area contributed by atoms with Gasteiger partial charge in [-0.2, -0.15) is 0 Å². The highest BCUT2D eigenvalue weighted by Crippen LogP contribution is 2.26. The number of anilines is 1. The van der Waals surface area contributed by atoms with E-state index in [4.69, 9.17) is 17.0 Å². The molecule has 2 nitrogen and oxygen atoms in total. The summed E-state index contributed by atoms with van der Waals surface area (Å²) in [6.45, 7) is 0. The molecule has 0 aliphatic heterocycles. The molecular formula is C17H18ClFN2S2. The van der Waals surface area contributed by atoms with Crippen LogP contribution < -0.4 is 4.90 Å². The number of thioether (sulfide) groups is 2. The Labute approximate surface area is 149 Å². The molecular weight excluding hydrogens is 350 g/mol. The van der Waals surface area contributed by atoms with Gasteiger partial charge in [0.2, 0.25) is 0 Å². The SMILES string of the molecule is CSc1cccc(N(C)C(=N)Cc2cc(SC[18F])ccc2Cl)c1. The van der Waals surface area contributed by atoms with Crippen LogP contribution in [-0.4, -0.2) is 25.1 Å². The topological polar surface area (TPSA) is 27.1 Å². The number of nitrogens with zero attached hydrogens (tertiary/aromatic N) is 1. The first-order valence-electron chi connectivity index (χ1n) is 6.97. The molecule has 0 aromatic heterocycles. The maximum Gasteiger partial charge on any atom is 0.139 e. The molecule has 2 aromatic carbocycles. The lowest BCUT2D eigenvalue weighted by Crippen LogP contribution is -2.27. The highest BCUT2D eigenvalue weighted by Gasteiger charge is 2.11. The molecule has 0 spiro atoms. The van der Waals surface area contributed by atoms with Gasteiger partial charge in [-0.1, -0.05) is 29.4 Å². The van der Waals surface area contributed by atoms with Crippen molar-refractivity contribution in [1.82, 2.24) is 0 Å². The standard InChI is InChI=1S/C17H18ClFN2S2/c1-21(13-4-3-5-14(10-13)22-2)17(20)9-12-8-15(23-11-19)6-7-16(12)18/h3-8,10,20H,9,11H2,1-2H3/i19-1.